The van der Waals surface area contributed by atoms with Crippen LogP contribution in [0.5, 0.6) is 0 Å². The standard InChI is InChI=1S/C13H16N2O/c1-4-8-15-12-7-6-11(13(16)14-3)9-10(12)5-2/h1,6-7,9,15H,5,8H2,2-3H3,(H,14,16). The average Bonchev–Trinajstić information content (AvgIpc) is 2.35. The van der Waals surface area contributed by atoms with E-state index < -0.39 is 0 Å². The van der Waals surface area contributed by atoms with Crippen molar-refractivity contribution in [1.82, 2.24) is 5.32 Å². The van der Waals surface area contributed by atoms with Crippen molar-refractivity contribution in [2.24, 2.45) is 0 Å². The van der Waals surface area contributed by atoms with Gasteiger partial charge in [-0.25, -0.2) is 0 Å². The minimum atomic E-state index is -0.0711. The lowest BCUT2D eigenvalue weighted by Gasteiger charge is -2.10. The molecule has 0 unspecified atom stereocenters. The van der Waals surface area contributed by atoms with E-state index in [2.05, 4.69) is 16.6 Å². The summed E-state index contributed by atoms with van der Waals surface area (Å²) in [5.41, 5.74) is 2.76. The van der Waals surface area contributed by atoms with Gasteiger partial charge in [-0.3, -0.25) is 4.79 Å². The van der Waals surface area contributed by atoms with Crippen molar-refractivity contribution in [2.45, 2.75) is 13.3 Å². The molecule has 0 saturated heterocycles. The zero-order valence-corrected chi connectivity index (χ0v) is 9.63. The average molecular weight is 216 g/mol. The SMILES string of the molecule is C#CCNc1ccc(C(=O)NC)cc1CC. The second kappa shape index (κ2) is 5.82. The van der Waals surface area contributed by atoms with Crippen molar-refractivity contribution in [3.8, 4) is 12.3 Å². The molecule has 84 valence electrons. The molecule has 2 N–H and O–H groups in total. The second-order valence-corrected chi connectivity index (χ2v) is 3.36. The van der Waals surface area contributed by atoms with E-state index in [9.17, 15) is 4.79 Å². The lowest BCUT2D eigenvalue weighted by molar-refractivity contribution is 0.0963. The highest BCUT2D eigenvalue weighted by Crippen LogP contribution is 2.18. The van der Waals surface area contributed by atoms with Crippen molar-refractivity contribution >= 4 is 11.6 Å². The molecule has 0 heterocycles. The van der Waals surface area contributed by atoms with Crippen LogP contribution in [-0.2, 0) is 6.42 Å². The van der Waals surface area contributed by atoms with Gasteiger partial charge in [0.2, 0.25) is 0 Å². The molecule has 1 aromatic rings. The molecule has 0 aliphatic heterocycles. The molecule has 0 atom stereocenters. The largest absolute Gasteiger partial charge is 0.374 e. The molecule has 0 radical (unpaired) electrons. The molecule has 0 spiro atoms. The Morgan fingerprint density at radius 2 is 2.25 bits per heavy atom. The zero-order chi connectivity index (χ0) is 12.0. The maximum Gasteiger partial charge on any atom is 0.251 e. The number of carbonyl (C=O) groups is 1. The summed E-state index contributed by atoms with van der Waals surface area (Å²) >= 11 is 0. The molecule has 1 aromatic carbocycles. The van der Waals surface area contributed by atoms with Gasteiger partial charge in [0, 0.05) is 18.3 Å². The predicted molar refractivity (Wildman–Crippen MR) is 66.5 cm³/mol. The van der Waals surface area contributed by atoms with Crippen molar-refractivity contribution in [3.05, 3.63) is 29.3 Å². The van der Waals surface area contributed by atoms with Gasteiger partial charge in [0.15, 0.2) is 0 Å². The lowest BCUT2D eigenvalue weighted by Crippen LogP contribution is -2.18. The first-order valence-corrected chi connectivity index (χ1v) is 5.25. The van der Waals surface area contributed by atoms with Gasteiger partial charge in [0.05, 0.1) is 6.54 Å². The van der Waals surface area contributed by atoms with Crippen molar-refractivity contribution in [2.75, 3.05) is 18.9 Å². The van der Waals surface area contributed by atoms with Crippen LogP contribution in [0.1, 0.15) is 22.8 Å². The summed E-state index contributed by atoms with van der Waals surface area (Å²) in [6, 6.07) is 5.56. The minimum Gasteiger partial charge on any atom is -0.374 e. The number of hydrogen-bond donors (Lipinski definition) is 2. The Hall–Kier alpha value is -1.95. The number of nitrogens with one attached hydrogen (secondary N) is 2. The molecule has 3 nitrogen and oxygen atoms in total. The van der Waals surface area contributed by atoms with Crippen LogP contribution in [0.25, 0.3) is 0 Å². The number of rotatable bonds is 4. The number of carbonyl (C=O) groups excluding carboxylic acids is 1. The molecular formula is C13H16N2O. The maximum absolute atomic E-state index is 11.4. The third kappa shape index (κ3) is 2.77. The number of amides is 1. The van der Waals surface area contributed by atoms with Gasteiger partial charge in [-0.05, 0) is 30.2 Å². The van der Waals surface area contributed by atoms with Crippen LogP contribution in [-0.4, -0.2) is 19.5 Å². The van der Waals surface area contributed by atoms with Gasteiger partial charge in [-0.1, -0.05) is 12.8 Å². The lowest BCUT2D eigenvalue weighted by atomic mass is 10.1. The van der Waals surface area contributed by atoms with Gasteiger partial charge in [-0.15, -0.1) is 6.42 Å². The van der Waals surface area contributed by atoms with E-state index in [0.717, 1.165) is 17.7 Å². The van der Waals surface area contributed by atoms with Gasteiger partial charge in [0.1, 0.15) is 0 Å². The van der Waals surface area contributed by atoms with Gasteiger partial charge in [-0.2, -0.15) is 0 Å². The van der Waals surface area contributed by atoms with Gasteiger partial charge >= 0.3 is 0 Å². The van der Waals surface area contributed by atoms with Crippen molar-refractivity contribution in [3.63, 3.8) is 0 Å². The van der Waals surface area contributed by atoms with Crippen LogP contribution in [0.15, 0.2) is 18.2 Å². The minimum absolute atomic E-state index is 0.0711. The molecule has 0 aromatic heterocycles. The van der Waals surface area contributed by atoms with Crippen LogP contribution < -0.4 is 10.6 Å². The Morgan fingerprint density at radius 1 is 1.50 bits per heavy atom. The summed E-state index contributed by atoms with van der Waals surface area (Å²) < 4.78 is 0. The first kappa shape index (κ1) is 12.1. The van der Waals surface area contributed by atoms with Gasteiger partial charge in [0.25, 0.3) is 5.91 Å². The smallest absolute Gasteiger partial charge is 0.251 e. The van der Waals surface area contributed by atoms with E-state index in [1.807, 2.05) is 19.1 Å². The molecule has 1 amide bonds. The highest BCUT2D eigenvalue weighted by atomic mass is 16.1. The highest BCUT2D eigenvalue weighted by Gasteiger charge is 2.06. The number of terminal acetylenes is 1. The fourth-order valence-corrected chi connectivity index (χ4v) is 1.49. The summed E-state index contributed by atoms with van der Waals surface area (Å²) in [5.74, 6) is 2.45. The molecular weight excluding hydrogens is 200 g/mol. The molecule has 0 fully saturated rings. The molecule has 0 aliphatic rings. The van der Waals surface area contributed by atoms with E-state index in [1.165, 1.54) is 0 Å². The molecule has 3 heteroatoms. The first-order valence-electron chi connectivity index (χ1n) is 5.25. The monoisotopic (exact) mass is 216 g/mol. The third-order valence-electron chi connectivity index (χ3n) is 2.36. The third-order valence-corrected chi connectivity index (χ3v) is 2.36. The molecule has 16 heavy (non-hydrogen) atoms. The number of benzene rings is 1. The summed E-state index contributed by atoms with van der Waals surface area (Å²) in [7, 11) is 1.62. The summed E-state index contributed by atoms with van der Waals surface area (Å²) in [6.07, 6.45) is 6.05. The van der Waals surface area contributed by atoms with E-state index in [0.29, 0.717) is 12.1 Å². The number of hydrogen-bond acceptors (Lipinski definition) is 2. The fraction of sp³-hybridized carbons (Fsp3) is 0.308. The Bertz CT molecular complexity index is 418. The van der Waals surface area contributed by atoms with E-state index in [1.54, 1.807) is 13.1 Å². The fourth-order valence-electron chi connectivity index (χ4n) is 1.49. The number of aryl methyl sites for hydroxylation is 1. The van der Waals surface area contributed by atoms with Crippen LogP contribution in [0.3, 0.4) is 0 Å². The summed E-state index contributed by atoms with van der Waals surface area (Å²) in [5, 5.41) is 5.73. The normalized spacial score (nSPS) is 9.31. The van der Waals surface area contributed by atoms with Crippen molar-refractivity contribution in [1.29, 1.82) is 0 Å². The molecule has 0 bridgehead atoms. The Balaban J connectivity index is 2.98. The van der Waals surface area contributed by atoms with Crippen LogP contribution in [0.4, 0.5) is 5.69 Å². The van der Waals surface area contributed by atoms with Crippen molar-refractivity contribution < 1.29 is 4.79 Å². The van der Waals surface area contributed by atoms with Gasteiger partial charge < -0.3 is 10.6 Å². The first-order chi connectivity index (χ1) is 7.72. The Kier molecular flexibility index (Phi) is 4.41. The van der Waals surface area contributed by atoms with E-state index in [-0.39, 0.29) is 5.91 Å². The predicted octanol–water partition coefficient (Wildman–Crippen LogP) is 1.65. The van der Waals surface area contributed by atoms with Crippen LogP contribution >= 0.6 is 0 Å². The summed E-state index contributed by atoms with van der Waals surface area (Å²) in [6.45, 7) is 2.54. The quantitative estimate of drug-likeness (QED) is 0.751. The topological polar surface area (TPSA) is 41.1 Å². The maximum atomic E-state index is 11.4. The number of anilines is 1. The summed E-state index contributed by atoms with van der Waals surface area (Å²) in [4.78, 5) is 11.4. The highest BCUT2D eigenvalue weighted by molar-refractivity contribution is 5.94. The van der Waals surface area contributed by atoms with Crippen LogP contribution in [0.2, 0.25) is 0 Å². The van der Waals surface area contributed by atoms with Crippen LogP contribution in [0, 0.1) is 12.3 Å². The second-order valence-electron chi connectivity index (χ2n) is 3.36. The Labute approximate surface area is 96.2 Å². The zero-order valence-electron chi connectivity index (χ0n) is 9.63. The van der Waals surface area contributed by atoms with E-state index >= 15 is 0 Å². The molecule has 0 aliphatic carbocycles. The Morgan fingerprint density at radius 3 is 2.81 bits per heavy atom. The molecule has 0 saturated carbocycles. The molecule has 1 rings (SSSR count). The van der Waals surface area contributed by atoms with E-state index in [4.69, 9.17) is 6.42 Å².